The first-order chi connectivity index (χ1) is 12.3. The number of anilines is 1. The van der Waals surface area contributed by atoms with Crippen LogP contribution in [0.25, 0.3) is 11.0 Å². The van der Waals surface area contributed by atoms with Crippen molar-refractivity contribution in [2.24, 2.45) is 11.7 Å². The fraction of sp³-hybridized carbons (Fsp3) is 0.588. The number of aromatic nitrogens is 3. The monoisotopic (exact) mass is 369 g/mol. The Hall–Kier alpha value is -2.10. The summed E-state index contributed by atoms with van der Waals surface area (Å²) in [5, 5.41) is 0.267. The van der Waals surface area contributed by atoms with Gasteiger partial charge in [0.1, 0.15) is 24.1 Å². The van der Waals surface area contributed by atoms with Gasteiger partial charge in [0.25, 0.3) is 0 Å². The number of carbonyl (C=O) groups is 1. The first-order valence-corrected chi connectivity index (χ1v) is 8.33. The number of nitrogens with zero attached hydrogens (tertiary/aromatic N) is 3. The van der Waals surface area contributed by atoms with Crippen LogP contribution in [0.2, 0.25) is 0 Å². The van der Waals surface area contributed by atoms with Crippen LogP contribution in [0.4, 0.5) is 10.2 Å². The molecule has 0 saturated carbocycles. The molecule has 0 bridgehead atoms. The van der Waals surface area contributed by atoms with Crippen LogP contribution in [-0.4, -0.2) is 53.8 Å². The number of rotatable bonds is 8. The summed E-state index contributed by atoms with van der Waals surface area (Å²) in [6.45, 7) is 4.90. The van der Waals surface area contributed by atoms with E-state index in [0.717, 1.165) is 6.29 Å². The maximum Gasteiger partial charge on any atom is 0.154 e. The lowest BCUT2D eigenvalue weighted by Gasteiger charge is -2.14. The molecule has 0 radical (unpaired) electrons. The number of hydrogen-bond acceptors (Lipinski definition) is 7. The fourth-order valence-corrected chi connectivity index (χ4v) is 2.16. The van der Waals surface area contributed by atoms with E-state index in [9.17, 15) is 9.18 Å². The second-order valence-electron chi connectivity index (χ2n) is 6.19. The molecule has 26 heavy (non-hydrogen) atoms. The van der Waals surface area contributed by atoms with E-state index in [0.29, 0.717) is 25.2 Å². The minimum atomic E-state index is -0.409. The van der Waals surface area contributed by atoms with Gasteiger partial charge in [-0.2, -0.15) is 0 Å². The highest BCUT2D eigenvalue weighted by molar-refractivity contribution is 5.86. The smallest absolute Gasteiger partial charge is 0.154 e. The highest BCUT2D eigenvalue weighted by Crippen LogP contribution is 2.22. The zero-order chi connectivity index (χ0) is 19.7. The standard InChI is InChI=1S/C12H17FN4O2.C5H11NO/c1-18-6-8(19-2)3-4-17-5-9(13)10-11(14)15-7-16-12(10)17;1-4(2)5(6)3-7/h5,7-8H,3-4,6H2,1-2H3,(H2,14,15,16);3-5H,6H2,1-2H3. The lowest BCUT2D eigenvalue weighted by Crippen LogP contribution is -2.27. The molecule has 146 valence electrons. The van der Waals surface area contributed by atoms with Gasteiger partial charge in [0.15, 0.2) is 5.82 Å². The number of carbonyl (C=O) groups excluding carboxylic acids is 1. The Bertz CT molecular complexity index is 692. The molecule has 2 atom stereocenters. The van der Waals surface area contributed by atoms with E-state index in [-0.39, 0.29) is 29.3 Å². The third-order valence-electron chi connectivity index (χ3n) is 3.94. The van der Waals surface area contributed by atoms with Gasteiger partial charge in [0.05, 0.1) is 24.1 Å². The Morgan fingerprint density at radius 3 is 2.54 bits per heavy atom. The summed E-state index contributed by atoms with van der Waals surface area (Å²) in [6, 6.07) is -0.278. The summed E-state index contributed by atoms with van der Waals surface area (Å²) in [4.78, 5) is 17.7. The first-order valence-electron chi connectivity index (χ1n) is 8.33. The van der Waals surface area contributed by atoms with Crippen LogP contribution in [0.5, 0.6) is 0 Å². The van der Waals surface area contributed by atoms with Gasteiger partial charge in [-0.3, -0.25) is 0 Å². The Morgan fingerprint density at radius 2 is 2.04 bits per heavy atom. The SMILES string of the molecule is CC(C)C(N)C=O.COCC(CCn1cc(F)c2c(N)ncnc21)OC. The van der Waals surface area contributed by atoms with Crippen molar-refractivity contribution in [1.82, 2.24) is 14.5 Å². The van der Waals surface area contributed by atoms with Crippen LogP contribution < -0.4 is 11.5 Å². The summed E-state index contributed by atoms with van der Waals surface area (Å²) in [5.74, 6) is 0.0211. The van der Waals surface area contributed by atoms with Crippen molar-refractivity contribution in [2.45, 2.75) is 39.0 Å². The highest BCUT2D eigenvalue weighted by atomic mass is 19.1. The number of halogens is 1. The second-order valence-corrected chi connectivity index (χ2v) is 6.19. The predicted octanol–water partition coefficient (Wildman–Crippen LogP) is 1.37. The van der Waals surface area contributed by atoms with E-state index < -0.39 is 5.82 Å². The highest BCUT2D eigenvalue weighted by Gasteiger charge is 2.14. The third kappa shape index (κ3) is 6.01. The molecule has 0 saturated heterocycles. The minimum Gasteiger partial charge on any atom is -0.383 e. The number of ether oxygens (including phenoxy) is 2. The Morgan fingerprint density at radius 1 is 1.35 bits per heavy atom. The molecule has 2 aromatic heterocycles. The van der Waals surface area contributed by atoms with Crippen LogP contribution in [0, 0.1) is 11.7 Å². The summed E-state index contributed by atoms with van der Waals surface area (Å²) < 4.78 is 25.8. The zero-order valence-corrected chi connectivity index (χ0v) is 15.7. The number of methoxy groups -OCH3 is 2. The molecule has 4 N–H and O–H groups in total. The molecular formula is C17H28FN5O3. The normalized spacial score (nSPS) is 13.3. The molecule has 9 heteroatoms. The van der Waals surface area contributed by atoms with Crippen LogP contribution >= 0.6 is 0 Å². The predicted molar refractivity (Wildman–Crippen MR) is 98.1 cm³/mol. The van der Waals surface area contributed by atoms with Crippen LogP contribution in [0.3, 0.4) is 0 Å². The quantitative estimate of drug-likeness (QED) is 0.675. The topological polar surface area (TPSA) is 118 Å². The maximum atomic E-state index is 13.8. The number of aldehydes is 1. The molecule has 0 aromatic carbocycles. The van der Waals surface area contributed by atoms with E-state index in [1.54, 1.807) is 18.8 Å². The number of fused-ring (bicyclic) bond motifs is 1. The average Bonchev–Trinajstić information content (AvgIpc) is 2.95. The lowest BCUT2D eigenvalue weighted by atomic mass is 10.1. The maximum absolute atomic E-state index is 13.8. The fourth-order valence-electron chi connectivity index (χ4n) is 2.16. The van der Waals surface area contributed by atoms with E-state index in [1.807, 2.05) is 13.8 Å². The molecule has 2 unspecified atom stereocenters. The molecule has 8 nitrogen and oxygen atoms in total. The number of nitrogens with two attached hydrogens (primary N) is 2. The van der Waals surface area contributed by atoms with Crippen LogP contribution in [0.15, 0.2) is 12.5 Å². The van der Waals surface area contributed by atoms with Gasteiger partial charge in [0, 0.05) is 27.0 Å². The average molecular weight is 369 g/mol. The summed E-state index contributed by atoms with van der Waals surface area (Å²) in [5.41, 5.74) is 11.4. The molecule has 0 amide bonds. The van der Waals surface area contributed by atoms with Crippen LogP contribution in [0.1, 0.15) is 20.3 Å². The van der Waals surface area contributed by atoms with E-state index >= 15 is 0 Å². The summed E-state index contributed by atoms with van der Waals surface area (Å²) in [7, 11) is 3.24. The first kappa shape index (κ1) is 21.9. The van der Waals surface area contributed by atoms with Crippen molar-refractivity contribution in [1.29, 1.82) is 0 Å². The molecule has 0 aliphatic carbocycles. The number of hydrogen-bond donors (Lipinski definition) is 2. The lowest BCUT2D eigenvalue weighted by molar-refractivity contribution is -0.109. The Kier molecular flexibility index (Phi) is 9.11. The van der Waals surface area contributed by atoms with Crippen molar-refractivity contribution >= 4 is 23.1 Å². The molecule has 0 fully saturated rings. The molecule has 2 rings (SSSR count). The van der Waals surface area contributed by atoms with Crippen molar-refractivity contribution in [3.05, 3.63) is 18.3 Å². The van der Waals surface area contributed by atoms with E-state index in [1.165, 1.54) is 12.5 Å². The van der Waals surface area contributed by atoms with Crippen molar-refractivity contribution in [3.63, 3.8) is 0 Å². The third-order valence-corrected chi connectivity index (χ3v) is 3.94. The summed E-state index contributed by atoms with van der Waals surface area (Å²) >= 11 is 0. The van der Waals surface area contributed by atoms with Crippen molar-refractivity contribution in [3.8, 4) is 0 Å². The van der Waals surface area contributed by atoms with E-state index in [4.69, 9.17) is 20.9 Å². The van der Waals surface area contributed by atoms with Crippen LogP contribution in [-0.2, 0) is 20.8 Å². The second kappa shape index (κ2) is 10.8. The van der Waals surface area contributed by atoms with Gasteiger partial charge in [-0.15, -0.1) is 0 Å². The zero-order valence-electron chi connectivity index (χ0n) is 15.7. The van der Waals surface area contributed by atoms with Gasteiger partial charge in [-0.05, 0) is 12.3 Å². The number of nitrogen functional groups attached to an aromatic ring is 1. The molecular weight excluding hydrogens is 341 g/mol. The Labute approximate surface area is 152 Å². The summed E-state index contributed by atoms with van der Waals surface area (Å²) in [6.07, 6.45) is 4.14. The largest absolute Gasteiger partial charge is 0.383 e. The Balaban J connectivity index is 0.000000412. The van der Waals surface area contributed by atoms with Crippen molar-refractivity contribution in [2.75, 3.05) is 26.6 Å². The van der Waals surface area contributed by atoms with Gasteiger partial charge in [0.2, 0.25) is 0 Å². The molecule has 2 heterocycles. The molecule has 0 aliphatic rings. The molecule has 2 aromatic rings. The van der Waals surface area contributed by atoms with Gasteiger partial charge in [-0.1, -0.05) is 13.8 Å². The van der Waals surface area contributed by atoms with Gasteiger partial charge < -0.3 is 30.3 Å². The minimum absolute atomic E-state index is 0.0373. The van der Waals surface area contributed by atoms with Gasteiger partial charge >= 0.3 is 0 Å². The van der Waals surface area contributed by atoms with Crippen molar-refractivity contribution < 1.29 is 18.7 Å². The molecule has 0 spiro atoms. The van der Waals surface area contributed by atoms with Gasteiger partial charge in [-0.25, -0.2) is 14.4 Å². The number of aryl methyl sites for hydroxylation is 1. The van der Waals surface area contributed by atoms with E-state index in [2.05, 4.69) is 9.97 Å². The molecule has 0 aliphatic heterocycles.